The summed E-state index contributed by atoms with van der Waals surface area (Å²) in [6.45, 7) is 9.18. The number of para-hydroxylation sites is 1. The van der Waals surface area contributed by atoms with E-state index in [2.05, 4.69) is 10.3 Å². The molecule has 6 nitrogen and oxygen atoms in total. The second-order valence-corrected chi connectivity index (χ2v) is 7.65. The molecule has 0 heterocycles. The van der Waals surface area contributed by atoms with Crippen molar-refractivity contribution in [3.05, 3.63) is 57.6 Å². The van der Waals surface area contributed by atoms with Gasteiger partial charge in [-0.25, -0.2) is 8.42 Å². The van der Waals surface area contributed by atoms with E-state index in [4.69, 9.17) is 0 Å². The monoisotopic (exact) mass is 362 g/mol. The van der Waals surface area contributed by atoms with Crippen LogP contribution in [0.3, 0.4) is 0 Å². The third-order valence-corrected chi connectivity index (χ3v) is 6.17. The summed E-state index contributed by atoms with van der Waals surface area (Å²) < 4.78 is 25.4. The maximum Gasteiger partial charge on any atom is 0.269 e. The van der Waals surface area contributed by atoms with Crippen LogP contribution in [0.15, 0.2) is 29.2 Å². The van der Waals surface area contributed by atoms with Crippen molar-refractivity contribution in [2.45, 2.75) is 39.5 Å². The molecule has 0 saturated heterocycles. The molecule has 0 aromatic heterocycles. The molecule has 1 amide bonds. The Bertz CT molecular complexity index is 921. The van der Waals surface area contributed by atoms with Gasteiger partial charge in [0.25, 0.3) is 15.9 Å². The maximum absolute atomic E-state index is 12.7. The first-order valence-corrected chi connectivity index (χ1v) is 9.23. The van der Waals surface area contributed by atoms with E-state index in [1.807, 2.05) is 20.8 Å². The molecule has 0 aliphatic heterocycles. The van der Waals surface area contributed by atoms with Crippen molar-refractivity contribution in [3.63, 3.8) is 0 Å². The number of phenols is 1. The second-order valence-electron chi connectivity index (χ2n) is 6.03. The molecule has 0 saturated carbocycles. The lowest BCUT2D eigenvalue weighted by Crippen LogP contribution is -2.42. The van der Waals surface area contributed by atoms with Gasteiger partial charge in [0.2, 0.25) is 0 Å². The first kappa shape index (κ1) is 19.0. The van der Waals surface area contributed by atoms with Gasteiger partial charge in [0.1, 0.15) is 5.75 Å². The Kier molecular flexibility index (Phi) is 5.20. The van der Waals surface area contributed by atoms with Crippen LogP contribution in [0.4, 0.5) is 0 Å². The summed E-state index contributed by atoms with van der Waals surface area (Å²) in [5.41, 5.74) is 6.26. The highest BCUT2D eigenvalue weighted by atomic mass is 32.2. The number of carbonyl (C=O) groups excluding carboxylic acids is 1. The predicted molar refractivity (Wildman–Crippen MR) is 96.0 cm³/mol. The van der Waals surface area contributed by atoms with Crippen LogP contribution in [0, 0.1) is 34.6 Å². The number of amides is 1. The fourth-order valence-electron chi connectivity index (χ4n) is 2.77. The van der Waals surface area contributed by atoms with Gasteiger partial charge >= 0.3 is 0 Å². The quantitative estimate of drug-likeness (QED) is 0.729. The van der Waals surface area contributed by atoms with Gasteiger partial charge in [-0.1, -0.05) is 12.1 Å². The molecule has 0 fully saturated rings. The molecule has 134 valence electrons. The first-order valence-electron chi connectivity index (χ1n) is 7.75. The maximum atomic E-state index is 12.7. The second kappa shape index (κ2) is 6.85. The molecule has 7 heteroatoms. The Morgan fingerprint density at radius 2 is 1.36 bits per heavy atom. The number of phenolic OH excluding ortho intramolecular Hbond substituents is 1. The molecule has 0 unspecified atom stereocenters. The fraction of sp³-hybridized carbons (Fsp3) is 0.278. The molecular formula is C18H22N2O4S. The Morgan fingerprint density at radius 1 is 0.880 bits per heavy atom. The highest BCUT2D eigenvalue weighted by molar-refractivity contribution is 7.89. The number of hydrogen-bond donors (Lipinski definition) is 3. The van der Waals surface area contributed by atoms with E-state index < -0.39 is 15.9 Å². The number of aromatic hydroxyl groups is 1. The third kappa shape index (κ3) is 3.52. The molecule has 0 spiro atoms. The number of nitrogens with one attached hydrogen (secondary N) is 2. The summed E-state index contributed by atoms with van der Waals surface area (Å²) in [4.78, 5) is 14.4. The number of benzene rings is 2. The van der Waals surface area contributed by atoms with Crippen LogP contribution in [0.5, 0.6) is 5.75 Å². The minimum Gasteiger partial charge on any atom is -0.507 e. The van der Waals surface area contributed by atoms with E-state index in [0.717, 1.165) is 16.7 Å². The van der Waals surface area contributed by atoms with E-state index in [0.29, 0.717) is 11.1 Å². The van der Waals surface area contributed by atoms with Gasteiger partial charge in [-0.05, 0) is 74.6 Å². The molecule has 0 radical (unpaired) electrons. The van der Waals surface area contributed by atoms with Crippen molar-refractivity contribution in [2.24, 2.45) is 0 Å². The highest BCUT2D eigenvalue weighted by Crippen LogP contribution is 2.29. The number of carbonyl (C=O) groups is 1. The Labute approximate surface area is 147 Å². The zero-order valence-electron chi connectivity index (χ0n) is 14.9. The van der Waals surface area contributed by atoms with Gasteiger partial charge in [-0.15, -0.1) is 4.83 Å². The molecule has 2 aromatic rings. The number of hydrogen-bond acceptors (Lipinski definition) is 4. The molecule has 3 N–H and O–H groups in total. The van der Waals surface area contributed by atoms with Crippen LogP contribution in [-0.2, 0) is 10.0 Å². The van der Waals surface area contributed by atoms with Gasteiger partial charge in [-0.2, -0.15) is 0 Å². The summed E-state index contributed by atoms with van der Waals surface area (Å²) in [6, 6.07) is 5.89. The fourth-order valence-corrected chi connectivity index (χ4v) is 4.21. The zero-order valence-corrected chi connectivity index (χ0v) is 15.7. The average molecular weight is 362 g/mol. The molecule has 2 rings (SSSR count). The van der Waals surface area contributed by atoms with Crippen molar-refractivity contribution in [1.82, 2.24) is 10.3 Å². The Hall–Kier alpha value is -2.38. The van der Waals surface area contributed by atoms with Crippen molar-refractivity contribution < 1.29 is 18.3 Å². The van der Waals surface area contributed by atoms with Crippen LogP contribution in [-0.4, -0.2) is 19.4 Å². The SMILES string of the molecule is Cc1c(C)c(C)c(S(=O)(=O)NNC(=O)c2ccccc2O)c(C)c1C. The molecule has 0 atom stereocenters. The summed E-state index contributed by atoms with van der Waals surface area (Å²) in [7, 11) is -3.96. The van der Waals surface area contributed by atoms with E-state index in [1.54, 1.807) is 26.0 Å². The predicted octanol–water partition coefficient (Wildman–Crippen LogP) is 2.56. The van der Waals surface area contributed by atoms with E-state index >= 15 is 0 Å². The van der Waals surface area contributed by atoms with Gasteiger partial charge in [0.05, 0.1) is 10.5 Å². The smallest absolute Gasteiger partial charge is 0.269 e. The van der Waals surface area contributed by atoms with Crippen LogP contribution < -0.4 is 10.3 Å². The van der Waals surface area contributed by atoms with Crippen molar-refractivity contribution in [1.29, 1.82) is 0 Å². The van der Waals surface area contributed by atoms with Gasteiger partial charge < -0.3 is 5.11 Å². The lowest BCUT2D eigenvalue weighted by molar-refractivity contribution is 0.0942. The third-order valence-electron chi connectivity index (χ3n) is 4.65. The van der Waals surface area contributed by atoms with Crippen molar-refractivity contribution in [3.8, 4) is 5.75 Å². The lowest BCUT2D eigenvalue weighted by Gasteiger charge is -2.19. The van der Waals surface area contributed by atoms with Gasteiger partial charge in [0, 0.05) is 0 Å². The molecular weight excluding hydrogens is 340 g/mol. The summed E-state index contributed by atoms with van der Waals surface area (Å²) >= 11 is 0. The van der Waals surface area contributed by atoms with Crippen LogP contribution >= 0.6 is 0 Å². The summed E-state index contributed by atoms with van der Waals surface area (Å²) in [6.07, 6.45) is 0. The summed E-state index contributed by atoms with van der Waals surface area (Å²) in [5.74, 6) is -0.967. The minimum absolute atomic E-state index is 0.0186. The minimum atomic E-state index is -3.96. The lowest BCUT2D eigenvalue weighted by atomic mass is 9.95. The average Bonchev–Trinajstić information content (AvgIpc) is 2.56. The largest absolute Gasteiger partial charge is 0.507 e. The Balaban J connectivity index is 2.35. The van der Waals surface area contributed by atoms with E-state index in [1.165, 1.54) is 12.1 Å². The van der Waals surface area contributed by atoms with Crippen LogP contribution in [0.2, 0.25) is 0 Å². The van der Waals surface area contributed by atoms with E-state index in [-0.39, 0.29) is 16.2 Å². The highest BCUT2D eigenvalue weighted by Gasteiger charge is 2.24. The van der Waals surface area contributed by atoms with Gasteiger partial charge in [-0.3, -0.25) is 10.2 Å². The first-order chi connectivity index (χ1) is 11.6. The number of rotatable bonds is 4. The number of sulfonamides is 1. The zero-order chi connectivity index (χ0) is 18.9. The van der Waals surface area contributed by atoms with Crippen LogP contribution in [0.1, 0.15) is 38.2 Å². The normalized spacial score (nSPS) is 11.4. The molecule has 0 aliphatic carbocycles. The summed E-state index contributed by atoms with van der Waals surface area (Å²) in [5, 5.41) is 9.68. The van der Waals surface area contributed by atoms with Crippen molar-refractivity contribution >= 4 is 15.9 Å². The molecule has 2 aromatic carbocycles. The van der Waals surface area contributed by atoms with Gasteiger partial charge in [0.15, 0.2) is 0 Å². The Morgan fingerprint density at radius 3 is 1.88 bits per heavy atom. The molecule has 25 heavy (non-hydrogen) atoms. The molecule has 0 bridgehead atoms. The number of hydrazine groups is 1. The van der Waals surface area contributed by atoms with Crippen molar-refractivity contribution in [2.75, 3.05) is 0 Å². The molecule has 0 aliphatic rings. The van der Waals surface area contributed by atoms with Crippen LogP contribution in [0.25, 0.3) is 0 Å². The standard InChI is InChI=1S/C18H22N2O4S/c1-10-11(2)13(4)17(14(5)12(10)3)25(23,24)20-19-18(22)15-8-6-7-9-16(15)21/h6-9,20-21H,1-5H3,(H,19,22). The topological polar surface area (TPSA) is 95.5 Å². The van der Waals surface area contributed by atoms with E-state index in [9.17, 15) is 18.3 Å².